The van der Waals surface area contributed by atoms with Gasteiger partial charge in [-0.3, -0.25) is 14.9 Å². The Bertz CT molecular complexity index is 474. The van der Waals surface area contributed by atoms with Crippen molar-refractivity contribution in [3.05, 3.63) is 39.9 Å². The van der Waals surface area contributed by atoms with Crippen molar-refractivity contribution in [1.82, 2.24) is 5.32 Å². The second kappa shape index (κ2) is 5.32. The van der Waals surface area contributed by atoms with Gasteiger partial charge < -0.3 is 11.1 Å². The summed E-state index contributed by atoms with van der Waals surface area (Å²) in [5.74, 6) is -0.240. The lowest BCUT2D eigenvalue weighted by atomic mass is 10.1. The van der Waals surface area contributed by atoms with Gasteiger partial charge in [-0.1, -0.05) is 18.2 Å². The minimum atomic E-state index is -0.746. The van der Waals surface area contributed by atoms with Crippen LogP contribution in [0.1, 0.15) is 18.4 Å². The molecule has 0 unspecified atom stereocenters. The van der Waals surface area contributed by atoms with E-state index in [1.165, 1.54) is 6.07 Å². The van der Waals surface area contributed by atoms with E-state index in [9.17, 15) is 14.9 Å². The van der Waals surface area contributed by atoms with E-state index in [2.05, 4.69) is 5.32 Å². The molecular weight excluding hydrogens is 258 g/mol. The number of amides is 1. The second-order valence-electron chi connectivity index (χ2n) is 4.22. The monoisotopic (exact) mass is 271 g/mol. The predicted molar refractivity (Wildman–Crippen MR) is 68.3 cm³/mol. The summed E-state index contributed by atoms with van der Waals surface area (Å²) in [5, 5.41) is 13.4. The number of carbonyl (C=O) groups is 1. The van der Waals surface area contributed by atoms with Crippen LogP contribution in [-0.2, 0) is 11.3 Å². The van der Waals surface area contributed by atoms with Crippen molar-refractivity contribution in [3.8, 4) is 0 Å². The Kier molecular flexibility index (Phi) is 4.26. The SMILES string of the molecule is Cl.NC1(C(=O)NCc2ccccc2[N+](=O)[O-])CC1. The Balaban J connectivity index is 0.00000162. The van der Waals surface area contributed by atoms with Crippen molar-refractivity contribution in [1.29, 1.82) is 0 Å². The fourth-order valence-corrected chi connectivity index (χ4v) is 1.55. The molecule has 0 atom stereocenters. The lowest BCUT2D eigenvalue weighted by molar-refractivity contribution is -0.385. The predicted octanol–water partition coefficient (Wildman–Crippen LogP) is 1.12. The molecule has 0 aliphatic heterocycles. The summed E-state index contributed by atoms with van der Waals surface area (Å²) in [6.07, 6.45) is 1.35. The van der Waals surface area contributed by atoms with Gasteiger partial charge in [0.2, 0.25) is 5.91 Å². The summed E-state index contributed by atoms with van der Waals surface area (Å²) in [7, 11) is 0. The molecule has 0 saturated heterocycles. The number of nitro groups is 1. The quantitative estimate of drug-likeness (QED) is 0.633. The molecule has 0 spiro atoms. The van der Waals surface area contributed by atoms with Crippen molar-refractivity contribution in [2.45, 2.75) is 24.9 Å². The highest BCUT2D eigenvalue weighted by Gasteiger charge is 2.45. The van der Waals surface area contributed by atoms with Crippen LogP contribution >= 0.6 is 12.4 Å². The first-order valence-electron chi connectivity index (χ1n) is 5.32. The first-order valence-corrected chi connectivity index (χ1v) is 5.32. The molecule has 98 valence electrons. The first-order chi connectivity index (χ1) is 8.03. The molecule has 2 rings (SSSR count). The van der Waals surface area contributed by atoms with Crippen molar-refractivity contribution in [2.24, 2.45) is 5.73 Å². The number of rotatable bonds is 4. The first kappa shape index (κ1) is 14.4. The maximum atomic E-state index is 11.6. The highest BCUT2D eigenvalue weighted by Crippen LogP contribution is 2.32. The summed E-state index contributed by atoms with van der Waals surface area (Å²) < 4.78 is 0. The van der Waals surface area contributed by atoms with Crippen LogP contribution in [-0.4, -0.2) is 16.4 Å². The van der Waals surface area contributed by atoms with E-state index in [-0.39, 0.29) is 30.5 Å². The van der Waals surface area contributed by atoms with Crippen LogP contribution in [0.15, 0.2) is 24.3 Å². The van der Waals surface area contributed by atoms with Gasteiger partial charge in [0.1, 0.15) is 0 Å². The molecule has 1 aliphatic rings. The zero-order chi connectivity index (χ0) is 12.5. The van der Waals surface area contributed by atoms with Crippen molar-refractivity contribution >= 4 is 24.0 Å². The summed E-state index contributed by atoms with van der Waals surface area (Å²) in [4.78, 5) is 21.9. The van der Waals surface area contributed by atoms with E-state index in [4.69, 9.17) is 5.73 Å². The third kappa shape index (κ3) is 2.96. The van der Waals surface area contributed by atoms with E-state index in [1.807, 2.05) is 0 Å². The Morgan fingerprint density at radius 2 is 2.06 bits per heavy atom. The van der Waals surface area contributed by atoms with Crippen LogP contribution in [0, 0.1) is 10.1 Å². The molecule has 18 heavy (non-hydrogen) atoms. The number of nitrogens with two attached hydrogens (primary N) is 1. The number of para-hydroxylation sites is 1. The van der Waals surface area contributed by atoms with E-state index in [0.717, 1.165) is 0 Å². The smallest absolute Gasteiger partial charge is 0.274 e. The van der Waals surface area contributed by atoms with Gasteiger partial charge in [0.15, 0.2) is 0 Å². The van der Waals surface area contributed by atoms with Gasteiger partial charge in [-0.2, -0.15) is 0 Å². The molecule has 3 N–H and O–H groups in total. The van der Waals surface area contributed by atoms with E-state index >= 15 is 0 Å². The Hall–Kier alpha value is -1.66. The minimum absolute atomic E-state index is 0. The van der Waals surface area contributed by atoms with Gasteiger partial charge in [0.05, 0.1) is 10.5 Å². The minimum Gasteiger partial charge on any atom is -0.350 e. The maximum Gasteiger partial charge on any atom is 0.274 e. The summed E-state index contributed by atoms with van der Waals surface area (Å²) >= 11 is 0. The lowest BCUT2D eigenvalue weighted by Crippen LogP contribution is -2.42. The van der Waals surface area contributed by atoms with Crippen molar-refractivity contribution < 1.29 is 9.72 Å². The fraction of sp³-hybridized carbons (Fsp3) is 0.364. The number of nitro benzene ring substituents is 1. The molecule has 1 aromatic rings. The highest BCUT2D eigenvalue weighted by atomic mass is 35.5. The number of benzene rings is 1. The van der Waals surface area contributed by atoms with Crippen LogP contribution in [0.5, 0.6) is 0 Å². The molecule has 7 heteroatoms. The molecular formula is C11H14ClN3O3. The van der Waals surface area contributed by atoms with Crippen LogP contribution < -0.4 is 11.1 Å². The van der Waals surface area contributed by atoms with Gasteiger partial charge in [-0.15, -0.1) is 12.4 Å². The molecule has 0 bridgehead atoms. The highest BCUT2D eigenvalue weighted by molar-refractivity contribution is 5.89. The number of hydrogen-bond donors (Lipinski definition) is 2. The van der Waals surface area contributed by atoms with E-state index in [0.29, 0.717) is 18.4 Å². The van der Waals surface area contributed by atoms with Crippen LogP contribution in [0.25, 0.3) is 0 Å². The molecule has 1 saturated carbocycles. The summed E-state index contributed by atoms with van der Waals surface area (Å²) in [6.45, 7) is 0.134. The lowest BCUT2D eigenvalue weighted by Gasteiger charge is -2.09. The zero-order valence-electron chi connectivity index (χ0n) is 9.59. The van der Waals surface area contributed by atoms with E-state index < -0.39 is 10.5 Å². The number of hydrogen-bond acceptors (Lipinski definition) is 4. The van der Waals surface area contributed by atoms with Crippen molar-refractivity contribution in [2.75, 3.05) is 0 Å². The van der Waals surface area contributed by atoms with Crippen LogP contribution in [0.3, 0.4) is 0 Å². The van der Waals surface area contributed by atoms with Crippen molar-refractivity contribution in [3.63, 3.8) is 0 Å². The fourth-order valence-electron chi connectivity index (χ4n) is 1.55. The van der Waals surface area contributed by atoms with Crippen LogP contribution in [0.4, 0.5) is 5.69 Å². The average Bonchev–Trinajstić information content (AvgIpc) is 3.06. The molecule has 1 fully saturated rings. The molecule has 1 aliphatic carbocycles. The molecule has 1 aromatic carbocycles. The van der Waals surface area contributed by atoms with Gasteiger partial charge in [0, 0.05) is 18.2 Å². The Morgan fingerprint density at radius 1 is 1.44 bits per heavy atom. The molecule has 1 amide bonds. The third-order valence-electron chi connectivity index (χ3n) is 2.87. The second-order valence-corrected chi connectivity index (χ2v) is 4.22. The topological polar surface area (TPSA) is 98.3 Å². The number of nitrogens with one attached hydrogen (secondary N) is 1. The average molecular weight is 272 g/mol. The van der Waals surface area contributed by atoms with Gasteiger partial charge in [-0.05, 0) is 12.8 Å². The zero-order valence-corrected chi connectivity index (χ0v) is 10.4. The maximum absolute atomic E-state index is 11.6. The van der Waals surface area contributed by atoms with Gasteiger partial charge in [0.25, 0.3) is 5.69 Å². The van der Waals surface area contributed by atoms with Gasteiger partial charge in [-0.25, -0.2) is 0 Å². The number of halogens is 1. The Labute approximate surface area is 110 Å². The standard InChI is InChI=1S/C11H13N3O3.ClH/c12-11(5-6-11)10(15)13-7-8-3-1-2-4-9(8)14(16)17;/h1-4H,5-7,12H2,(H,13,15);1H. The molecule has 6 nitrogen and oxygen atoms in total. The van der Waals surface area contributed by atoms with Gasteiger partial charge >= 0.3 is 0 Å². The molecule has 0 heterocycles. The third-order valence-corrected chi connectivity index (χ3v) is 2.87. The van der Waals surface area contributed by atoms with Crippen LogP contribution in [0.2, 0.25) is 0 Å². The largest absolute Gasteiger partial charge is 0.350 e. The number of nitrogens with zero attached hydrogens (tertiary/aromatic N) is 1. The Morgan fingerprint density at radius 3 is 2.61 bits per heavy atom. The summed E-state index contributed by atoms with van der Waals surface area (Å²) in [5.41, 5.74) is 5.45. The normalized spacial score (nSPS) is 15.4. The number of carbonyl (C=O) groups excluding carboxylic acids is 1. The van der Waals surface area contributed by atoms with E-state index in [1.54, 1.807) is 18.2 Å². The summed E-state index contributed by atoms with van der Waals surface area (Å²) in [6, 6.07) is 6.32. The molecule has 0 aromatic heterocycles. The molecule has 0 radical (unpaired) electrons.